The predicted molar refractivity (Wildman–Crippen MR) is 74.7 cm³/mol. The average Bonchev–Trinajstić information content (AvgIpc) is 2.90. The van der Waals surface area contributed by atoms with E-state index < -0.39 is 0 Å². The van der Waals surface area contributed by atoms with Gasteiger partial charge in [0.1, 0.15) is 0 Å². The fraction of sp³-hybridized carbons (Fsp3) is 0.533. The van der Waals surface area contributed by atoms with Crippen LogP contribution >= 0.6 is 0 Å². The number of hydrogen-bond acceptors (Lipinski definition) is 3. The summed E-state index contributed by atoms with van der Waals surface area (Å²) in [6.45, 7) is 8.94. The Bertz CT molecular complexity index is 414. The lowest BCUT2D eigenvalue weighted by atomic mass is 10.2. The van der Waals surface area contributed by atoms with Crippen LogP contribution in [-0.4, -0.2) is 37.1 Å². The van der Waals surface area contributed by atoms with Crippen molar-refractivity contribution in [2.24, 2.45) is 0 Å². The third-order valence-electron chi connectivity index (χ3n) is 3.85. The van der Waals surface area contributed by atoms with Gasteiger partial charge in [-0.1, -0.05) is 13.8 Å². The summed E-state index contributed by atoms with van der Waals surface area (Å²) in [5.74, 6) is 0. The van der Waals surface area contributed by atoms with Gasteiger partial charge in [-0.25, -0.2) is 0 Å². The molecule has 18 heavy (non-hydrogen) atoms. The van der Waals surface area contributed by atoms with E-state index in [2.05, 4.69) is 41.8 Å². The third kappa shape index (κ3) is 2.65. The van der Waals surface area contributed by atoms with Gasteiger partial charge in [0.05, 0.1) is 11.6 Å². The highest BCUT2D eigenvalue weighted by atomic mass is 15.2. The Hall–Kier alpha value is -1.53. The molecule has 1 aliphatic heterocycles. The van der Waals surface area contributed by atoms with Crippen LogP contribution in [0.5, 0.6) is 0 Å². The Morgan fingerprint density at radius 1 is 1.28 bits per heavy atom. The van der Waals surface area contributed by atoms with E-state index in [1.165, 1.54) is 12.1 Å². The lowest BCUT2D eigenvalue weighted by Crippen LogP contribution is -2.37. The molecule has 1 saturated heterocycles. The van der Waals surface area contributed by atoms with Crippen LogP contribution in [0.1, 0.15) is 25.8 Å². The molecule has 0 bridgehead atoms. The summed E-state index contributed by atoms with van der Waals surface area (Å²) in [6.07, 6.45) is 1.24. The van der Waals surface area contributed by atoms with Crippen molar-refractivity contribution in [3.8, 4) is 6.07 Å². The minimum absolute atomic E-state index is 0.677. The van der Waals surface area contributed by atoms with Crippen molar-refractivity contribution in [2.45, 2.75) is 26.3 Å². The monoisotopic (exact) mass is 243 g/mol. The predicted octanol–water partition coefficient (Wildman–Crippen LogP) is 2.48. The smallest absolute Gasteiger partial charge is 0.0991 e. The van der Waals surface area contributed by atoms with E-state index in [-0.39, 0.29) is 0 Å². The number of rotatable bonds is 4. The lowest BCUT2D eigenvalue weighted by Gasteiger charge is -2.26. The van der Waals surface area contributed by atoms with Crippen LogP contribution in [0.15, 0.2) is 24.3 Å². The molecular weight excluding hydrogens is 222 g/mol. The van der Waals surface area contributed by atoms with Crippen molar-refractivity contribution in [1.82, 2.24) is 4.90 Å². The molecule has 0 aromatic heterocycles. The highest BCUT2D eigenvalue weighted by Crippen LogP contribution is 2.23. The first-order chi connectivity index (χ1) is 8.78. The zero-order chi connectivity index (χ0) is 13.0. The summed E-state index contributed by atoms with van der Waals surface area (Å²) < 4.78 is 0. The molecule has 0 amide bonds. The van der Waals surface area contributed by atoms with Gasteiger partial charge in [0, 0.05) is 24.8 Å². The van der Waals surface area contributed by atoms with Crippen molar-refractivity contribution >= 4 is 5.69 Å². The SMILES string of the molecule is CCN(CC)C1CCN(c2ccc(C#N)cc2)C1. The number of nitrogens with zero attached hydrogens (tertiary/aromatic N) is 3. The summed E-state index contributed by atoms with van der Waals surface area (Å²) >= 11 is 0. The second-order valence-corrected chi connectivity index (χ2v) is 4.77. The summed E-state index contributed by atoms with van der Waals surface area (Å²) in [5.41, 5.74) is 1.97. The molecule has 1 unspecified atom stereocenters. The van der Waals surface area contributed by atoms with Crippen molar-refractivity contribution in [3.63, 3.8) is 0 Å². The molecule has 1 heterocycles. The molecule has 3 heteroatoms. The van der Waals surface area contributed by atoms with Gasteiger partial charge in [-0.3, -0.25) is 4.90 Å². The van der Waals surface area contributed by atoms with Crippen molar-refractivity contribution in [1.29, 1.82) is 5.26 Å². The Balaban J connectivity index is 2.01. The zero-order valence-corrected chi connectivity index (χ0v) is 11.3. The van der Waals surface area contributed by atoms with E-state index in [9.17, 15) is 0 Å². The number of benzene rings is 1. The molecule has 0 aliphatic carbocycles. The van der Waals surface area contributed by atoms with E-state index in [4.69, 9.17) is 5.26 Å². The van der Waals surface area contributed by atoms with Gasteiger partial charge in [0.2, 0.25) is 0 Å². The molecule has 1 aromatic rings. The fourth-order valence-electron chi connectivity index (χ4n) is 2.76. The Morgan fingerprint density at radius 3 is 2.50 bits per heavy atom. The van der Waals surface area contributed by atoms with Gasteiger partial charge in [-0.15, -0.1) is 0 Å². The van der Waals surface area contributed by atoms with E-state index in [1.54, 1.807) is 0 Å². The van der Waals surface area contributed by atoms with Gasteiger partial charge in [0.25, 0.3) is 0 Å². The second-order valence-electron chi connectivity index (χ2n) is 4.77. The van der Waals surface area contributed by atoms with Gasteiger partial charge >= 0.3 is 0 Å². The molecular formula is C15H21N3. The van der Waals surface area contributed by atoms with Crippen LogP contribution < -0.4 is 4.90 Å². The maximum Gasteiger partial charge on any atom is 0.0991 e. The maximum absolute atomic E-state index is 8.80. The van der Waals surface area contributed by atoms with Crippen LogP contribution in [0, 0.1) is 11.3 Å². The van der Waals surface area contributed by atoms with E-state index in [0.717, 1.165) is 31.7 Å². The minimum atomic E-state index is 0.677. The van der Waals surface area contributed by atoms with E-state index in [1.807, 2.05) is 12.1 Å². The first kappa shape index (κ1) is 12.9. The third-order valence-corrected chi connectivity index (χ3v) is 3.85. The lowest BCUT2D eigenvalue weighted by molar-refractivity contribution is 0.232. The normalized spacial score (nSPS) is 19.2. The first-order valence-electron chi connectivity index (χ1n) is 6.77. The Morgan fingerprint density at radius 2 is 1.94 bits per heavy atom. The molecule has 3 nitrogen and oxygen atoms in total. The summed E-state index contributed by atoms with van der Waals surface area (Å²) in [4.78, 5) is 4.95. The highest BCUT2D eigenvalue weighted by molar-refractivity contribution is 5.50. The van der Waals surface area contributed by atoms with Gasteiger partial charge in [-0.2, -0.15) is 5.26 Å². The largest absolute Gasteiger partial charge is 0.370 e. The quantitative estimate of drug-likeness (QED) is 0.814. The van der Waals surface area contributed by atoms with Crippen molar-refractivity contribution in [2.75, 3.05) is 31.1 Å². The number of nitriles is 1. The Labute approximate surface area is 110 Å². The Kier molecular flexibility index (Phi) is 4.22. The fourth-order valence-corrected chi connectivity index (χ4v) is 2.76. The van der Waals surface area contributed by atoms with Crippen LogP contribution in [0.25, 0.3) is 0 Å². The maximum atomic E-state index is 8.80. The minimum Gasteiger partial charge on any atom is -0.370 e. The molecule has 1 aromatic carbocycles. The number of likely N-dealkylation sites (N-methyl/N-ethyl adjacent to an activating group) is 1. The molecule has 0 radical (unpaired) electrons. The highest BCUT2D eigenvalue weighted by Gasteiger charge is 2.26. The molecule has 1 aliphatic rings. The van der Waals surface area contributed by atoms with Crippen LogP contribution in [0.3, 0.4) is 0 Å². The summed E-state index contributed by atoms with van der Waals surface area (Å²) in [6, 6.07) is 10.8. The van der Waals surface area contributed by atoms with E-state index in [0.29, 0.717) is 6.04 Å². The van der Waals surface area contributed by atoms with Gasteiger partial charge in [0.15, 0.2) is 0 Å². The molecule has 1 atom stereocenters. The standard InChI is InChI=1S/C15H21N3/c1-3-17(4-2)15-9-10-18(12-15)14-7-5-13(11-16)6-8-14/h5-8,15H,3-4,9-10,12H2,1-2H3. The first-order valence-corrected chi connectivity index (χ1v) is 6.77. The molecule has 1 fully saturated rings. The van der Waals surface area contributed by atoms with Crippen LogP contribution in [0.4, 0.5) is 5.69 Å². The van der Waals surface area contributed by atoms with Gasteiger partial charge in [-0.05, 0) is 43.8 Å². The zero-order valence-electron chi connectivity index (χ0n) is 11.3. The van der Waals surface area contributed by atoms with Crippen LogP contribution in [0.2, 0.25) is 0 Å². The van der Waals surface area contributed by atoms with Gasteiger partial charge < -0.3 is 4.90 Å². The molecule has 96 valence electrons. The molecule has 0 saturated carbocycles. The molecule has 2 rings (SSSR count). The van der Waals surface area contributed by atoms with Crippen molar-refractivity contribution < 1.29 is 0 Å². The number of anilines is 1. The molecule has 0 N–H and O–H groups in total. The topological polar surface area (TPSA) is 30.3 Å². The van der Waals surface area contributed by atoms with Crippen molar-refractivity contribution in [3.05, 3.63) is 29.8 Å². The molecule has 0 spiro atoms. The second kappa shape index (κ2) is 5.88. The van der Waals surface area contributed by atoms with E-state index >= 15 is 0 Å². The average molecular weight is 243 g/mol. The summed E-state index contributed by atoms with van der Waals surface area (Å²) in [5, 5.41) is 8.80. The van der Waals surface area contributed by atoms with Crippen LogP contribution in [-0.2, 0) is 0 Å². The summed E-state index contributed by atoms with van der Waals surface area (Å²) in [7, 11) is 0. The number of hydrogen-bond donors (Lipinski definition) is 0.